The van der Waals surface area contributed by atoms with E-state index in [1.54, 1.807) is 41.2 Å². The smallest absolute Gasteiger partial charge is 0.198 e. The lowest BCUT2D eigenvalue weighted by Gasteiger charge is -2.22. The number of rotatable bonds is 7. The predicted molar refractivity (Wildman–Crippen MR) is 130 cm³/mol. The van der Waals surface area contributed by atoms with E-state index in [1.807, 2.05) is 12.1 Å². The summed E-state index contributed by atoms with van der Waals surface area (Å²) in [4.78, 5) is 4.28. The lowest BCUT2D eigenvalue weighted by Crippen LogP contribution is -2.36. The third-order valence-electron chi connectivity index (χ3n) is 6.26. The van der Waals surface area contributed by atoms with Crippen LogP contribution < -0.4 is 15.4 Å². The molecule has 0 saturated carbocycles. The Kier molecular flexibility index (Phi) is 6.35. The molecular formula is C24H25FN6O3S. The maximum Gasteiger partial charge on any atom is 0.198 e. The van der Waals surface area contributed by atoms with Gasteiger partial charge in [-0.15, -0.1) is 10.2 Å². The molecule has 0 spiro atoms. The van der Waals surface area contributed by atoms with Crippen molar-refractivity contribution in [1.29, 1.82) is 0 Å². The molecule has 2 N–H and O–H groups in total. The fourth-order valence-electron chi connectivity index (χ4n) is 4.35. The Balaban J connectivity index is 1.41. The second-order valence-electron chi connectivity index (χ2n) is 8.31. The van der Waals surface area contributed by atoms with Gasteiger partial charge in [0.1, 0.15) is 23.7 Å². The normalized spacial score (nSPS) is 14.8. The average Bonchev–Trinajstić information content (AvgIpc) is 3.39. The molecule has 11 heteroatoms. The van der Waals surface area contributed by atoms with Gasteiger partial charge in [-0.3, -0.25) is 4.40 Å². The van der Waals surface area contributed by atoms with Crippen molar-refractivity contribution in [2.45, 2.75) is 29.7 Å². The van der Waals surface area contributed by atoms with Gasteiger partial charge in [-0.25, -0.2) is 17.8 Å². The van der Waals surface area contributed by atoms with Crippen molar-refractivity contribution in [2.24, 2.45) is 0 Å². The molecule has 0 amide bonds. The molecule has 0 bridgehead atoms. The van der Waals surface area contributed by atoms with Crippen LogP contribution in [0, 0.1) is 5.82 Å². The van der Waals surface area contributed by atoms with E-state index < -0.39 is 15.1 Å². The predicted octanol–water partition coefficient (Wildman–Crippen LogP) is 3.08. The molecular weight excluding hydrogens is 471 g/mol. The van der Waals surface area contributed by atoms with Gasteiger partial charge in [0.05, 0.1) is 12.4 Å². The lowest BCUT2D eigenvalue weighted by molar-refractivity contribution is 0.405. The Hall–Kier alpha value is -3.57. The second-order valence-corrected chi connectivity index (χ2v) is 10.5. The number of hydrogen-bond acceptors (Lipinski definition) is 8. The van der Waals surface area contributed by atoms with Crippen LogP contribution in [0.25, 0.3) is 16.8 Å². The van der Waals surface area contributed by atoms with Crippen LogP contribution in [0.15, 0.2) is 60.0 Å². The van der Waals surface area contributed by atoms with Gasteiger partial charge in [0.15, 0.2) is 20.5 Å². The number of ether oxygens (including phenoxy) is 1. The van der Waals surface area contributed by atoms with Gasteiger partial charge in [-0.1, -0.05) is 6.07 Å². The summed E-state index contributed by atoms with van der Waals surface area (Å²) >= 11 is 0. The minimum atomic E-state index is -3.48. The van der Waals surface area contributed by atoms with Crippen molar-refractivity contribution >= 4 is 21.3 Å². The van der Waals surface area contributed by atoms with Crippen molar-refractivity contribution in [1.82, 2.24) is 24.9 Å². The summed E-state index contributed by atoms with van der Waals surface area (Å²) < 4.78 is 47.2. The first-order valence-electron chi connectivity index (χ1n) is 11.3. The third kappa shape index (κ3) is 4.44. The number of piperidine rings is 1. The molecule has 4 heterocycles. The van der Waals surface area contributed by atoms with Crippen molar-refractivity contribution < 1.29 is 17.5 Å². The van der Waals surface area contributed by atoms with Gasteiger partial charge in [0, 0.05) is 29.4 Å². The van der Waals surface area contributed by atoms with Crippen LogP contribution in [-0.4, -0.2) is 53.4 Å². The van der Waals surface area contributed by atoms with Gasteiger partial charge < -0.3 is 15.4 Å². The highest BCUT2D eigenvalue weighted by Gasteiger charge is 2.30. The Morgan fingerprint density at radius 2 is 2.00 bits per heavy atom. The molecule has 0 atom stereocenters. The molecule has 1 fully saturated rings. The van der Waals surface area contributed by atoms with E-state index in [-0.39, 0.29) is 17.4 Å². The largest absolute Gasteiger partial charge is 0.496 e. The van der Waals surface area contributed by atoms with Gasteiger partial charge >= 0.3 is 0 Å². The number of anilines is 1. The fourth-order valence-corrected chi connectivity index (χ4v) is 6.00. The molecule has 35 heavy (non-hydrogen) atoms. The van der Waals surface area contributed by atoms with E-state index in [4.69, 9.17) is 4.74 Å². The summed E-state index contributed by atoms with van der Waals surface area (Å²) in [6.45, 7) is 1.58. The highest BCUT2D eigenvalue weighted by atomic mass is 32.2. The molecule has 0 aliphatic carbocycles. The summed E-state index contributed by atoms with van der Waals surface area (Å²) in [6, 6.07) is 11.7. The maximum absolute atomic E-state index is 14.3. The molecule has 182 valence electrons. The molecule has 1 aliphatic rings. The number of hydrogen-bond donors (Lipinski definition) is 2. The Labute approximate surface area is 202 Å². The highest BCUT2D eigenvalue weighted by molar-refractivity contribution is 7.92. The fraction of sp³-hybridized carbons (Fsp3) is 0.292. The molecule has 9 nitrogen and oxygen atoms in total. The maximum atomic E-state index is 14.3. The van der Waals surface area contributed by atoms with Crippen LogP contribution in [0.2, 0.25) is 0 Å². The summed E-state index contributed by atoms with van der Waals surface area (Å²) in [5, 5.41) is 14.3. The zero-order valence-corrected chi connectivity index (χ0v) is 19.9. The Bertz CT molecular complexity index is 1450. The minimum absolute atomic E-state index is 0.0859. The summed E-state index contributed by atoms with van der Waals surface area (Å²) in [7, 11) is -1.98. The highest BCUT2D eigenvalue weighted by Crippen LogP contribution is 2.29. The number of sulfone groups is 1. The molecule has 1 aliphatic heterocycles. The number of pyridine rings is 2. The van der Waals surface area contributed by atoms with E-state index in [0.717, 1.165) is 11.1 Å². The first-order valence-corrected chi connectivity index (χ1v) is 12.8. The Morgan fingerprint density at radius 1 is 1.17 bits per heavy atom. The number of halogens is 1. The monoisotopic (exact) mass is 496 g/mol. The van der Waals surface area contributed by atoms with Gasteiger partial charge in [-0.2, -0.15) is 0 Å². The summed E-state index contributed by atoms with van der Waals surface area (Å²) in [6.07, 6.45) is 4.27. The van der Waals surface area contributed by atoms with Gasteiger partial charge in [0.25, 0.3) is 0 Å². The van der Waals surface area contributed by atoms with Crippen molar-refractivity contribution in [3.05, 3.63) is 66.4 Å². The van der Waals surface area contributed by atoms with E-state index in [0.29, 0.717) is 48.7 Å². The van der Waals surface area contributed by atoms with E-state index >= 15 is 0 Å². The van der Waals surface area contributed by atoms with Crippen LogP contribution in [0.5, 0.6) is 5.75 Å². The standard InChI is InChI=1S/C24H25FN6O3S/c1-34-21-4-2-3-20(25)19(21)14-27-22-7-6-18(24-30-29-15-31(22)24)16-5-8-23(28-13-16)35(32,33)17-9-11-26-12-10-17/h2-8,13,15,17,26-27H,9-12,14H2,1H3. The number of nitrogens with one attached hydrogen (secondary N) is 2. The second kappa shape index (κ2) is 9.59. The molecule has 1 aromatic carbocycles. The molecule has 0 unspecified atom stereocenters. The number of aromatic nitrogens is 4. The quantitative estimate of drug-likeness (QED) is 0.402. The van der Waals surface area contributed by atoms with Crippen LogP contribution >= 0.6 is 0 Å². The minimum Gasteiger partial charge on any atom is -0.496 e. The zero-order valence-electron chi connectivity index (χ0n) is 19.1. The average molecular weight is 497 g/mol. The summed E-state index contributed by atoms with van der Waals surface area (Å²) in [5.41, 5.74) is 2.44. The van der Waals surface area contributed by atoms with E-state index in [1.165, 1.54) is 13.2 Å². The van der Waals surface area contributed by atoms with Crippen LogP contribution in [-0.2, 0) is 16.4 Å². The van der Waals surface area contributed by atoms with Crippen molar-refractivity contribution in [3.63, 3.8) is 0 Å². The van der Waals surface area contributed by atoms with Crippen molar-refractivity contribution in [2.75, 3.05) is 25.5 Å². The Morgan fingerprint density at radius 3 is 2.74 bits per heavy atom. The van der Waals surface area contributed by atoms with Gasteiger partial charge in [0.2, 0.25) is 0 Å². The molecule has 4 aromatic rings. The van der Waals surface area contributed by atoms with Crippen molar-refractivity contribution in [3.8, 4) is 16.9 Å². The molecule has 0 radical (unpaired) electrons. The zero-order chi connectivity index (χ0) is 24.4. The lowest BCUT2D eigenvalue weighted by atomic mass is 10.1. The van der Waals surface area contributed by atoms with Crippen LogP contribution in [0.4, 0.5) is 10.2 Å². The summed E-state index contributed by atoms with van der Waals surface area (Å²) in [5.74, 6) is 0.760. The van der Waals surface area contributed by atoms with Crippen LogP contribution in [0.1, 0.15) is 18.4 Å². The number of fused-ring (bicyclic) bond motifs is 1. The first kappa shape index (κ1) is 23.2. The molecule has 5 rings (SSSR count). The SMILES string of the molecule is COc1cccc(F)c1CNc1ccc(-c2ccc(S(=O)(=O)C3CCNCC3)nc2)c2nncn12. The molecule has 3 aromatic heterocycles. The van der Waals surface area contributed by atoms with E-state index in [2.05, 4.69) is 25.8 Å². The first-order chi connectivity index (χ1) is 17.0. The van der Waals surface area contributed by atoms with E-state index in [9.17, 15) is 12.8 Å². The number of methoxy groups -OCH3 is 1. The number of benzene rings is 1. The topological polar surface area (TPSA) is 111 Å². The number of nitrogens with zero attached hydrogens (tertiary/aromatic N) is 4. The molecule has 1 saturated heterocycles. The van der Waals surface area contributed by atoms with Crippen LogP contribution in [0.3, 0.4) is 0 Å². The third-order valence-corrected chi connectivity index (χ3v) is 8.44. The van der Waals surface area contributed by atoms with Gasteiger partial charge in [-0.05, 0) is 62.3 Å².